The molecule has 1 unspecified atom stereocenters. The first-order valence-electron chi connectivity index (χ1n) is 9.86. The van der Waals surface area contributed by atoms with Gasteiger partial charge in [-0.2, -0.15) is 5.26 Å². The highest BCUT2D eigenvalue weighted by Gasteiger charge is 2.50. The Balaban J connectivity index is 1.93. The fourth-order valence-corrected chi connectivity index (χ4v) is 4.59. The highest BCUT2D eigenvalue weighted by molar-refractivity contribution is 8.15. The molecular formula is C22H23N7O3S. The van der Waals surface area contributed by atoms with E-state index in [4.69, 9.17) is 21.6 Å². The summed E-state index contributed by atoms with van der Waals surface area (Å²) < 4.78 is 9.81. The van der Waals surface area contributed by atoms with Gasteiger partial charge in [-0.3, -0.25) is 9.79 Å². The molecule has 0 spiro atoms. The molecule has 0 fully saturated rings. The maximum atomic E-state index is 12.7. The van der Waals surface area contributed by atoms with E-state index in [-0.39, 0.29) is 24.1 Å². The molecule has 0 saturated heterocycles. The number of nitrogens with two attached hydrogens (primary N) is 1. The number of carbonyl (C=O) groups is 1. The summed E-state index contributed by atoms with van der Waals surface area (Å²) in [5.41, 5.74) is 6.22. The molecule has 0 radical (unpaired) electrons. The molecule has 3 heterocycles. The minimum absolute atomic E-state index is 0.0497. The van der Waals surface area contributed by atoms with Crippen molar-refractivity contribution in [3.63, 3.8) is 0 Å². The molecule has 0 saturated carbocycles. The number of aromatic nitrogens is 3. The predicted octanol–water partition coefficient (Wildman–Crippen LogP) is 2.34. The van der Waals surface area contributed by atoms with Crippen molar-refractivity contribution in [1.82, 2.24) is 15.0 Å². The molecule has 1 aliphatic rings. The lowest BCUT2D eigenvalue weighted by atomic mass is 9.74. The lowest BCUT2D eigenvalue weighted by Crippen LogP contribution is -2.47. The van der Waals surface area contributed by atoms with Crippen LogP contribution in [0.2, 0.25) is 0 Å². The van der Waals surface area contributed by atoms with Gasteiger partial charge >= 0.3 is 0 Å². The highest BCUT2D eigenvalue weighted by atomic mass is 32.2. The quantitative estimate of drug-likeness (QED) is 0.613. The van der Waals surface area contributed by atoms with E-state index in [1.54, 1.807) is 6.07 Å². The van der Waals surface area contributed by atoms with Crippen molar-refractivity contribution < 1.29 is 14.3 Å². The van der Waals surface area contributed by atoms with E-state index in [0.29, 0.717) is 22.3 Å². The number of anilines is 1. The zero-order valence-corrected chi connectivity index (χ0v) is 19.4. The van der Waals surface area contributed by atoms with Crippen molar-refractivity contribution in [2.75, 3.05) is 19.0 Å². The number of methoxy groups -OCH3 is 1. The monoisotopic (exact) mass is 465 g/mol. The molecule has 3 rings (SSSR count). The molecule has 3 atom stereocenters. The van der Waals surface area contributed by atoms with Gasteiger partial charge in [-0.1, -0.05) is 24.6 Å². The largest absolute Gasteiger partial charge is 0.481 e. The minimum Gasteiger partial charge on any atom is -0.481 e. The number of pyridine rings is 1. The second kappa shape index (κ2) is 9.35. The Morgan fingerprint density at radius 3 is 2.70 bits per heavy atom. The maximum Gasteiger partial charge on any atom is 0.275 e. The molecule has 1 aliphatic heterocycles. The van der Waals surface area contributed by atoms with Gasteiger partial charge in [0.05, 0.1) is 43.0 Å². The van der Waals surface area contributed by atoms with Gasteiger partial charge in [0.2, 0.25) is 11.8 Å². The Kier molecular flexibility index (Phi) is 6.75. The van der Waals surface area contributed by atoms with E-state index in [1.165, 1.54) is 37.5 Å². The van der Waals surface area contributed by atoms with Crippen molar-refractivity contribution in [3.8, 4) is 30.2 Å². The van der Waals surface area contributed by atoms with Gasteiger partial charge in [-0.05, 0) is 19.9 Å². The number of nitrogens with one attached hydrogen (secondary N) is 1. The molecule has 0 aromatic carbocycles. The second-order valence-corrected chi connectivity index (χ2v) is 9.08. The standard InChI is InChI=1S/C22H23N7O3S/c1-6-7-32-17-11-25-16(10-26-17)18(30)28-14-8-15(19(31-5)27-9-14)22(4)13(2)21(3,12-23)33-20(24)29-22/h1,8-11,13H,7H2,2-5H3,(H2,24,29)(H,28,30)/t13?,21-,22+/m1/s1. The molecule has 3 N–H and O–H groups in total. The number of nitrogens with zero attached hydrogens (tertiary/aromatic N) is 5. The van der Waals surface area contributed by atoms with Crippen LogP contribution in [0, 0.1) is 29.6 Å². The maximum absolute atomic E-state index is 12.7. The molecule has 0 aliphatic carbocycles. The van der Waals surface area contributed by atoms with Crippen LogP contribution < -0.4 is 20.5 Å². The van der Waals surface area contributed by atoms with Crippen molar-refractivity contribution in [1.29, 1.82) is 5.26 Å². The number of thioether (sulfide) groups is 1. The van der Waals surface area contributed by atoms with Gasteiger partial charge in [0.1, 0.15) is 10.4 Å². The number of terminal acetylenes is 1. The number of hydrogen-bond acceptors (Lipinski definition) is 10. The first kappa shape index (κ1) is 23.8. The number of hydrogen-bond donors (Lipinski definition) is 2. The van der Waals surface area contributed by atoms with Gasteiger partial charge in [0, 0.05) is 11.5 Å². The van der Waals surface area contributed by atoms with E-state index in [0.717, 1.165) is 0 Å². The van der Waals surface area contributed by atoms with Crippen LogP contribution in [0.1, 0.15) is 36.8 Å². The van der Waals surface area contributed by atoms with Crippen LogP contribution in [0.5, 0.6) is 11.8 Å². The summed E-state index contributed by atoms with van der Waals surface area (Å²) in [6.07, 6.45) is 9.19. The van der Waals surface area contributed by atoms with Crippen molar-refractivity contribution in [2.45, 2.75) is 31.1 Å². The lowest BCUT2D eigenvalue weighted by molar-refractivity contribution is 0.102. The van der Waals surface area contributed by atoms with Gasteiger partial charge < -0.3 is 20.5 Å². The van der Waals surface area contributed by atoms with Crippen LogP contribution in [0.3, 0.4) is 0 Å². The van der Waals surface area contributed by atoms with Crippen molar-refractivity contribution in [2.24, 2.45) is 16.6 Å². The SMILES string of the molecule is C#CCOc1cnc(C(=O)Nc2cnc(OC)c([C@@]3(C)N=C(N)S[C@](C)(C#N)C3C)c2)cn1. The van der Waals surface area contributed by atoms with Gasteiger partial charge in [-0.15, -0.1) is 6.42 Å². The summed E-state index contributed by atoms with van der Waals surface area (Å²) in [6, 6.07) is 4.05. The number of carbonyl (C=O) groups excluding carboxylic acids is 1. The van der Waals surface area contributed by atoms with Crippen LogP contribution in [-0.2, 0) is 5.54 Å². The van der Waals surface area contributed by atoms with Crippen LogP contribution in [0.25, 0.3) is 0 Å². The Bertz CT molecular complexity index is 1170. The van der Waals surface area contributed by atoms with E-state index in [2.05, 4.69) is 37.3 Å². The van der Waals surface area contributed by atoms with Crippen LogP contribution in [0.4, 0.5) is 5.69 Å². The summed E-state index contributed by atoms with van der Waals surface area (Å²) >= 11 is 1.22. The molecule has 1 amide bonds. The van der Waals surface area contributed by atoms with E-state index in [1.807, 2.05) is 20.8 Å². The number of amidine groups is 1. The van der Waals surface area contributed by atoms with E-state index >= 15 is 0 Å². The first-order chi connectivity index (χ1) is 15.7. The Hall–Kier alpha value is -3.83. The number of aliphatic imine (C=N–C) groups is 1. The molecule has 2 aromatic rings. The molecular weight excluding hydrogens is 442 g/mol. The smallest absolute Gasteiger partial charge is 0.275 e. The Morgan fingerprint density at radius 2 is 2.09 bits per heavy atom. The zero-order chi connectivity index (χ0) is 24.2. The Labute approximate surface area is 196 Å². The predicted molar refractivity (Wildman–Crippen MR) is 125 cm³/mol. The fraction of sp³-hybridized carbons (Fsp3) is 0.364. The van der Waals surface area contributed by atoms with Crippen LogP contribution in [0.15, 0.2) is 29.6 Å². The summed E-state index contributed by atoms with van der Waals surface area (Å²) in [4.78, 5) is 29.7. The van der Waals surface area contributed by atoms with Gasteiger partial charge in [0.25, 0.3) is 5.91 Å². The fourth-order valence-electron chi connectivity index (χ4n) is 3.47. The molecule has 10 nitrogen and oxygen atoms in total. The minimum atomic E-state index is -0.922. The molecule has 2 aromatic heterocycles. The van der Waals surface area contributed by atoms with Crippen LogP contribution in [-0.4, -0.2) is 44.5 Å². The number of rotatable bonds is 6. The molecule has 0 bridgehead atoms. The van der Waals surface area contributed by atoms with Gasteiger partial charge in [-0.25, -0.2) is 15.0 Å². The normalized spacial score (nSPS) is 24.1. The third kappa shape index (κ3) is 4.69. The summed E-state index contributed by atoms with van der Waals surface area (Å²) in [6.45, 7) is 5.67. The lowest BCUT2D eigenvalue weighted by Gasteiger charge is -2.43. The average molecular weight is 466 g/mol. The molecule has 170 valence electrons. The summed E-state index contributed by atoms with van der Waals surface area (Å²) in [5, 5.41) is 12.8. The van der Waals surface area contributed by atoms with Crippen molar-refractivity contribution >= 4 is 28.5 Å². The third-order valence-electron chi connectivity index (χ3n) is 5.56. The van der Waals surface area contributed by atoms with E-state index < -0.39 is 16.2 Å². The summed E-state index contributed by atoms with van der Waals surface area (Å²) in [7, 11) is 1.49. The number of nitriles is 1. The zero-order valence-electron chi connectivity index (χ0n) is 18.6. The number of amides is 1. The van der Waals surface area contributed by atoms with Crippen LogP contribution >= 0.6 is 11.8 Å². The molecule has 11 heteroatoms. The topological polar surface area (TPSA) is 148 Å². The average Bonchev–Trinajstić information content (AvgIpc) is 2.81. The second-order valence-electron chi connectivity index (χ2n) is 7.61. The highest BCUT2D eigenvalue weighted by Crippen LogP contribution is 2.51. The third-order valence-corrected chi connectivity index (χ3v) is 6.73. The van der Waals surface area contributed by atoms with Crippen molar-refractivity contribution in [3.05, 3.63) is 35.9 Å². The summed E-state index contributed by atoms with van der Waals surface area (Å²) in [5.74, 6) is 2.11. The molecule has 33 heavy (non-hydrogen) atoms. The van der Waals surface area contributed by atoms with Gasteiger partial charge in [0.15, 0.2) is 11.8 Å². The van der Waals surface area contributed by atoms with E-state index in [9.17, 15) is 10.1 Å². The first-order valence-corrected chi connectivity index (χ1v) is 10.7. The Morgan fingerprint density at radius 1 is 1.33 bits per heavy atom. The number of ether oxygens (including phenoxy) is 2.